The molecule has 0 amide bonds. The van der Waals surface area contributed by atoms with Gasteiger partial charge in [0.15, 0.2) is 0 Å². The summed E-state index contributed by atoms with van der Waals surface area (Å²) in [5.41, 5.74) is 0.158. The zero-order chi connectivity index (χ0) is 16.8. The molecule has 0 aliphatic rings. The van der Waals surface area contributed by atoms with Gasteiger partial charge in [-0.25, -0.2) is 4.79 Å². The lowest BCUT2D eigenvalue weighted by molar-refractivity contribution is 0.351. The third-order valence-electron chi connectivity index (χ3n) is 3.23. The van der Waals surface area contributed by atoms with Crippen molar-refractivity contribution in [2.45, 2.75) is 6.92 Å². The molecule has 0 saturated heterocycles. The zero-order valence-corrected chi connectivity index (χ0v) is 13.3. The smallest absolute Gasteiger partial charge is 0.330 e. The van der Waals surface area contributed by atoms with Crippen molar-refractivity contribution < 1.29 is 9.47 Å². The topological polar surface area (TPSA) is 62.5 Å². The predicted octanol–water partition coefficient (Wildman–Crippen LogP) is 0.854. The number of para-hydroxylation sites is 1. The maximum absolute atomic E-state index is 11.8. The molecule has 0 saturated carbocycles. The summed E-state index contributed by atoms with van der Waals surface area (Å²) in [4.78, 5) is 23.4. The summed E-state index contributed by atoms with van der Waals surface area (Å²) in [6.07, 6.45) is 1.36. The molecule has 120 valence electrons. The minimum atomic E-state index is -0.480. The van der Waals surface area contributed by atoms with Crippen molar-refractivity contribution in [3.63, 3.8) is 0 Å². The van der Waals surface area contributed by atoms with Gasteiger partial charge < -0.3 is 9.47 Å². The van der Waals surface area contributed by atoms with E-state index in [0.717, 1.165) is 15.9 Å². The molecule has 0 aliphatic carbocycles. The third-order valence-corrected chi connectivity index (χ3v) is 3.23. The summed E-state index contributed by atoms with van der Waals surface area (Å²) in [6, 6.07) is 7.67. The molecule has 0 spiro atoms. The van der Waals surface area contributed by atoms with Crippen LogP contribution in [0.15, 0.2) is 40.1 Å². The fourth-order valence-corrected chi connectivity index (χ4v) is 1.92. The summed E-state index contributed by atoms with van der Waals surface area (Å²) >= 11 is 0. The van der Waals surface area contributed by atoms with E-state index >= 15 is 0 Å². The molecular weight excluding hydrogens is 296 g/mol. The highest BCUT2D eigenvalue weighted by atomic mass is 16.5. The Morgan fingerprint density at radius 1 is 1.00 bits per heavy atom. The van der Waals surface area contributed by atoms with E-state index < -0.39 is 11.2 Å². The second kappa shape index (κ2) is 7.36. The van der Waals surface area contributed by atoms with E-state index in [0.29, 0.717) is 0 Å². The summed E-state index contributed by atoms with van der Waals surface area (Å²) < 4.78 is 13.1. The number of aryl methyl sites for hydroxylation is 2. The van der Waals surface area contributed by atoms with E-state index in [1.165, 1.54) is 17.8 Å². The molecule has 6 nitrogen and oxygen atoms in total. The van der Waals surface area contributed by atoms with Crippen LogP contribution < -0.4 is 20.7 Å². The fraction of sp³-hybridized carbons (Fsp3) is 0.294. The van der Waals surface area contributed by atoms with Crippen LogP contribution in [0.1, 0.15) is 5.56 Å². The maximum atomic E-state index is 11.8. The zero-order valence-electron chi connectivity index (χ0n) is 13.3. The highest BCUT2D eigenvalue weighted by molar-refractivity contribution is 5.32. The van der Waals surface area contributed by atoms with Crippen LogP contribution in [0, 0.1) is 18.8 Å². The molecule has 1 aromatic carbocycles. The van der Waals surface area contributed by atoms with Crippen LogP contribution in [0.25, 0.3) is 0 Å². The quantitative estimate of drug-likeness (QED) is 0.785. The molecule has 1 heterocycles. The average Bonchev–Trinajstić information content (AvgIpc) is 2.54. The normalized spacial score (nSPS) is 9.87. The van der Waals surface area contributed by atoms with Gasteiger partial charge in [0, 0.05) is 14.1 Å². The van der Waals surface area contributed by atoms with Crippen LogP contribution in [-0.4, -0.2) is 22.3 Å². The molecule has 0 aliphatic heterocycles. The lowest BCUT2D eigenvalue weighted by Crippen LogP contribution is -2.37. The molecule has 0 unspecified atom stereocenters. The minimum absolute atomic E-state index is 0.0462. The van der Waals surface area contributed by atoms with Gasteiger partial charge in [0.05, 0.1) is 6.20 Å². The van der Waals surface area contributed by atoms with Crippen molar-refractivity contribution in [2.75, 3.05) is 13.2 Å². The Bertz CT molecular complexity index is 869. The first-order valence-corrected chi connectivity index (χ1v) is 7.04. The lowest BCUT2D eigenvalue weighted by Gasteiger charge is -2.06. The molecule has 0 N–H and O–H groups in total. The fourth-order valence-electron chi connectivity index (χ4n) is 1.92. The Hall–Kier alpha value is -2.94. The molecule has 23 heavy (non-hydrogen) atoms. The molecule has 0 radical (unpaired) electrons. The number of ether oxygens (including phenoxy) is 2. The number of hydrogen-bond acceptors (Lipinski definition) is 4. The van der Waals surface area contributed by atoms with Gasteiger partial charge in [0.2, 0.25) is 5.75 Å². The average molecular weight is 314 g/mol. The predicted molar refractivity (Wildman–Crippen MR) is 86.9 cm³/mol. The van der Waals surface area contributed by atoms with E-state index in [4.69, 9.17) is 9.47 Å². The van der Waals surface area contributed by atoms with Crippen LogP contribution in [-0.2, 0) is 14.1 Å². The van der Waals surface area contributed by atoms with Crippen molar-refractivity contribution in [2.24, 2.45) is 14.1 Å². The summed E-state index contributed by atoms with van der Waals surface area (Å²) in [6.45, 7) is 2.24. The molecule has 6 heteroatoms. The van der Waals surface area contributed by atoms with Crippen molar-refractivity contribution in [1.29, 1.82) is 0 Å². The highest BCUT2D eigenvalue weighted by Gasteiger charge is 2.06. The van der Waals surface area contributed by atoms with E-state index in [1.54, 1.807) is 7.05 Å². The van der Waals surface area contributed by atoms with Crippen molar-refractivity contribution >= 4 is 0 Å². The van der Waals surface area contributed by atoms with E-state index in [1.807, 2.05) is 31.2 Å². The minimum Gasteiger partial charge on any atom is -0.481 e. The summed E-state index contributed by atoms with van der Waals surface area (Å²) in [7, 11) is 2.95. The maximum Gasteiger partial charge on any atom is 0.330 e. The summed E-state index contributed by atoms with van der Waals surface area (Å²) in [5.74, 6) is 6.46. The van der Waals surface area contributed by atoms with E-state index in [9.17, 15) is 9.59 Å². The Morgan fingerprint density at radius 2 is 1.61 bits per heavy atom. The number of hydrogen-bond donors (Lipinski definition) is 0. The Labute approximate surface area is 133 Å². The Kier molecular flexibility index (Phi) is 5.26. The van der Waals surface area contributed by atoms with Gasteiger partial charge in [-0.15, -0.1) is 0 Å². The largest absolute Gasteiger partial charge is 0.481 e. The van der Waals surface area contributed by atoms with Gasteiger partial charge in [0.25, 0.3) is 5.56 Å². The third kappa shape index (κ3) is 4.04. The molecule has 0 fully saturated rings. The molecule has 2 aromatic rings. The lowest BCUT2D eigenvalue weighted by atomic mass is 10.2. The van der Waals surface area contributed by atoms with Gasteiger partial charge in [-0.3, -0.25) is 13.9 Å². The Morgan fingerprint density at radius 3 is 2.26 bits per heavy atom. The van der Waals surface area contributed by atoms with Gasteiger partial charge in [-0.2, -0.15) is 0 Å². The first-order chi connectivity index (χ1) is 11.0. The van der Waals surface area contributed by atoms with Gasteiger partial charge in [0.1, 0.15) is 19.0 Å². The number of nitrogens with zero attached hydrogens (tertiary/aromatic N) is 2. The molecule has 0 atom stereocenters. The SMILES string of the molecule is Cc1ccccc1OCC#CCOc1cn(C)c(=O)n(C)c1=O. The second-order valence-electron chi connectivity index (χ2n) is 4.95. The van der Waals surface area contributed by atoms with Gasteiger partial charge in [-0.05, 0) is 18.6 Å². The van der Waals surface area contributed by atoms with E-state index in [-0.39, 0.29) is 19.0 Å². The van der Waals surface area contributed by atoms with Crippen LogP contribution in [0.5, 0.6) is 11.5 Å². The number of benzene rings is 1. The van der Waals surface area contributed by atoms with Crippen LogP contribution in [0.3, 0.4) is 0 Å². The highest BCUT2D eigenvalue weighted by Crippen LogP contribution is 2.15. The molecular formula is C17H18N2O4. The van der Waals surface area contributed by atoms with Crippen LogP contribution in [0.2, 0.25) is 0 Å². The first-order valence-electron chi connectivity index (χ1n) is 7.04. The second-order valence-corrected chi connectivity index (χ2v) is 4.95. The van der Waals surface area contributed by atoms with Crippen LogP contribution in [0.4, 0.5) is 0 Å². The Balaban J connectivity index is 1.91. The van der Waals surface area contributed by atoms with E-state index in [2.05, 4.69) is 11.8 Å². The molecule has 0 bridgehead atoms. The number of aromatic nitrogens is 2. The van der Waals surface area contributed by atoms with Crippen molar-refractivity contribution in [1.82, 2.24) is 9.13 Å². The van der Waals surface area contributed by atoms with Crippen molar-refractivity contribution in [3.8, 4) is 23.3 Å². The number of rotatable bonds is 4. The van der Waals surface area contributed by atoms with Crippen LogP contribution >= 0.6 is 0 Å². The monoisotopic (exact) mass is 314 g/mol. The summed E-state index contributed by atoms with van der Waals surface area (Å²) in [5, 5.41) is 0. The molecule has 1 aromatic heterocycles. The van der Waals surface area contributed by atoms with Crippen molar-refractivity contribution in [3.05, 3.63) is 56.9 Å². The first kappa shape index (κ1) is 16.4. The molecule has 2 rings (SSSR count). The van der Waals surface area contributed by atoms with Gasteiger partial charge in [-0.1, -0.05) is 30.0 Å². The standard InChI is InChI=1S/C17H18N2O4/c1-13-8-4-5-9-14(13)22-10-6-7-11-23-15-12-18(2)17(21)19(3)16(15)20/h4-5,8-9,12H,10-11H2,1-3H3. The van der Waals surface area contributed by atoms with Gasteiger partial charge >= 0.3 is 5.69 Å².